The summed E-state index contributed by atoms with van der Waals surface area (Å²) in [6, 6.07) is 3.75. The van der Waals surface area contributed by atoms with E-state index < -0.39 is 6.10 Å². The lowest BCUT2D eigenvalue weighted by atomic mass is 9.96. The Balaban J connectivity index is 2.33. The summed E-state index contributed by atoms with van der Waals surface area (Å²) >= 11 is 3.44. The number of nitrogens with one attached hydrogen (secondary N) is 1. The second-order valence-corrected chi connectivity index (χ2v) is 5.69. The summed E-state index contributed by atoms with van der Waals surface area (Å²) in [5.41, 5.74) is 0.757. The van der Waals surface area contributed by atoms with Gasteiger partial charge in [0.1, 0.15) is 0 Å². The minimum Gasteiger partial charge on any atom is -0.493 e. The third-order valence-electron chi connectivity index (χ3n) is 3.36. The van der Waals surface area contributed by atoms with Gasteiger partial charge in [0.2, 0.25) is 0 Å². The largest absolute Gasteiger partial charge is 0.493 e. The molecule has 0 spiro atoms. The van der Waals surface area contributed by atoms with Crippen LogP contribution in [0.2, 0.25) is 0 Å². The van der Waals surface area contributed by atoms with Gasteiger partial charge in [-0.3, -0.25) is 0 Å². The summed E-state index contributed by atoms with van der Waals surface area (Å²) in [5.74, 6) is 1.32. The molecular weight excluding hydrogens is 310 g/mol. The standard InChI is InChI=1S/C14H20BrNO3/c1-16-8-12(17)11-6-9(15)7-13(18-2)14(11)19-10-4-3-5-10/h6-7,10,12,16-17H,3-5,8H2,1-2H3. The van der Waals surface area contributed by atoms with Crippen LogP contribution in [-0.4, -0.2) is 31.9 Å². The molecule has 1 saturated carbocycles. The molecule has 1 aliphatic rings. The molecule has 1 atom stereocenters. The second-order valence-electron chi connectivity index (χ2n) is 4.77. The molecule has 4 nitrogen and oxygen atoms in total. The van der Waals surface area contributed by atoms with Gasteiger partial charge in [0.05, 0.1) is 19.3 Å². The van der Waals surface area contributed by atoms with E-state index in [4.69, 9.17) is 9.47 Å². The highest BCUT2D eigenvalue weighted by Crippen LogP contribution is 2.40. The molecule has 1 aromatic carbocycles. The van der Waals surface area contributed by atoms with E-state index in [-0.39, 0.29) is 6.10 Å². The number of likely N-dealkylation sites (N-methyl/N-ethyl adjacent to an activating group) is 1. The van der Waals surface area contributed by atoms with E-state index in [2.05, 4.69) is 21.2 Å². The molecule has 2 N–H and O–H groups in total. The lowest BCUT2D eigenvalue weighted by Gasteiger charge is -2.29. The summed E-state index contributed by atoms with van der Waals surface area (Å²) in [4.78, 5) is 0. The van der Waals surface area contributed by atoms with Crippen molar-refractivity contribution in [2.24, 2.45) is 0 Å². The minimum absolute atomic E-state index is 0.246. The van der Waals surface area contributed by atoms with E-state index in [1.54, 1.807) is 7.11 Å². The van der Waals surface area contributed by atoms with Crippen LogP contribution in [0.1, 0.15) is 30.9 Å². The summed E-state index contributed by atoms with van der Waals surface area (Å²) in [6.07, 6.45) is 2.97. The van der Waals surface area contributed by atoms with Crippen LogP contribution < -0.4 is 14.8 Å². The summed E-state index contributed by atoms with van der Waals surface area (Å²) in [6.45, 7) is 0.473. The van der Waals surface area contributed by atoms with Gasteiger partial charge in [-0.15, -0.1) is 0 Å². The average molecular weight is 330 g/mol. The fourth-order valence-corrected chi connectivity index (χ4v) is 2.53. The first kappa shape index (κ1) is 14.6. The van der Waals surface area contributed by atoms with Crippen LogP contribution in [0.15, 0.2) is 16.6 Å². The summed E-state index contributed by atoms with van der Waals surface area (Å²) in [5, 5.41) is 13.2. The fourth-order valence-electron chi connectivity index (χ4n) is 2.07. The van der Waals surface area contributed by atoms with Crippen molar-refractivity contribution in [3.63, 3.8) is 0 Å². The minimum atomic E-state index is -0.619. The first-order valence-corrected chi connectivity index (χ1v) is 7.31. The number of benzene rings is 1. The fraction of sp³-hybridized carbons (Fsp3) is 0.571. The topological polar surface area (TPSA) is 50.7 Å². The van der Waals surface area contributed by atoms with E-state index in [9.17, 15) is 5.11 Å². The van der Waals surface area contributed by atoms with E-state index in [0.717, 1.165) is 22.9 Å². The Labute approximate surface area is 122 Å². The Morgan fingerprint density at radius 3 is 2.74 bits per heavy atom. The number of methoxy groups -OCH3 is 1. The van der Waals surface area contributed by atoms with Crippen LogP contribution in [0, 0.1) is 0 Å². The van der Waals surface area contributed by atoms with E-state index >= 15 is 0 Å². The highest BCUT2D eigenvalue weighted by atomic mass is 79.9. The average Bonchev–Trinajstić information content (AvgIpc) is 2.34. The van der Waals surface area contributed by atoms with Crippen molar-refractivity contribution in [3.8, 4) is 11.5 Å². The first-order valence-electron chi connectivity index (χ1n) is 6.52. The molecule has 0 aliphatic heterocycles. The SMILES string of the molecule is CNCC(O)c1cc(Br)cc(OC)c1OC1CCC1. The van der Waals surface area contributed by atoms with Crippen LogP contribution in [0.5, 0.6) is 11.5 Å². The van der Waals surface area contributed by atoms with Crippen molar-refractivity contribution in [2.75, 3.05) is 20.7 Å². The van der Waals surface area contributed by atoms with E-state index in [1.165, 1.54) is 6.42 Å². The Bertz CT molecular complexity index is 435. The molecule has 5 heteroatoms. The Kier molecular flexibility index (Phi) is 5.07. The Hall–Kier alpha value is -0.780. The summed E-state index contributed by atoms with van der Waals surface area (Å²) in [7, 11) is 3.43. The molecule has 0 bridgehead atoms. The van der Waals surface area contributed by atoms with Gasteiger partial charge in [0.15, 0.2) is 11.5 Å². The van der Waals surface area contributed by atoms with Gasteiger partial charge in [0.25, 0.3) is 0 Å². The van der Waals surface area contributed by atoms with Crippen molar-refractivity contribution in [2.45, 2.75) is 31.5 Å². The van der Waals surface area contributed by atoms with Crippen molar-refractivity contribution in [1.29, 1.82) is 0 Å². The van der Waals surface area contributed by atoms with Crippen molar-refractivity contribution >= 4 is 15.9 Å². The molecule has 0 radical (unpaired) electrons. The first-order chi connectivity index (χ1) is 9.15. The van der Waals surface area contributed by atoms with Gasteiger partial charge in [0, 0.05) is 16.6 Å². The van der Waals surface area contributed by atoms with Crippen molar-refractivity contribution in [1.82, 2.24) is 5.32 Å². The number of aliphatic hydroxyl groups excluding tert-OH is 1. The molecule has 0 amide bonds. The maximum atomic E-state index is 10.2. The second kappa shape index (κ2) is 6.59. The van der Waals surface area contributed by atoms with Gasteiger partial charge >= 0.3 is 0 Å². The molecule has 1 aliphatic carbocycles. The number of ether oxygens (including phenoxy) is 2. The van der Waals surface area contributed by atoms with E-state index in [0.29, 0.717) is 18.0 Å². The highest BCUT2D eigenvalue weighted by molar-refractivity contribution is 9.10. The molecule has 1 fully saturated rings. The third kappa shape index (κ3) is 3.41. The zero-order valence-electron chi connectivity index (χ0n) is 11.3. The lowest BCUT2D eigenvalue weighted by Crippen LogP contribution is -2.26. The predicted molar refractivity (Wildman–Crippen MR) is 77.8 cm³/mol. The van der Waals surface area contributed by atoms with Gasteiger partial charge in [-0.2, -0.15) is 0 Å². The quantitative estimate of drug-likeness (QED) is 0.842. The van der Waals surface area contributed by atoms with Crippen molar-refractivity contribution in [3.05, 3.63) is 22.2 Å². The van der Waals surface area contributed by atoms with Gasteiger partial charge in [-0.05, 0) is 38.4 Å². The van der Waals surface area contributed by atoms with Gasteiger partial charge in [-0.1, -0.05) is 15.9 Å². The highest BCUT2D eigenvalue weighted by Gasteiger charge is 2.25. The third-order valence-corrected chi connectivity index (χ3v) is 3.82. The Morgan fingerprint density at radius 2 is 2.21 bits per heavy atom. The molecule has 0 saturated heterocycles. The predicted octanol–water partition coefficient (Wildman–Crippen LogP) is 2.64. The molecule has 0 heterocycles. The molecule has 1 unspecified atom stereocenters. The Morgan fingerprint density at radius 1 is 1.47 bits per heavy atom. The molecule has 19 heavy (non-hydrogen) atoms. The normalized spacial score (nSPS) is 16.8. The van der Waals surface area contributed by atoms with Crippen LogP contribution in [0.3, 0.4) is 0 Å². The van der Waals surface area contributed by atoms with Crippen LogP contribution in [0.4, 0.5) is 0 Å². The molecule has 2 rings (SSSR count). The number of aliphatic hydroxyl groups is 1. The van der Waals surface area contributed by atoms with Crippen LogP contribution in [-0.2, 0) is 0 Å². The summed E-state index contributed by atoms with van der Waals surface area (Å²) < 4.78 is 12.2. The number of hydrogen-bond donors (Lipinski definition) is 2. The monoisotopic (exact) mass is 329 g/mol. The number of rotatable bonds is 6. The number of halogens is 1. The van der Waals surface area contributed by atoms with Crippen molar-refractivity contribution < 1.29 is 14.6 Å². The number of hydrogen-bond acceptors (Lipinski definition) is 4. The smallest absolute Gasteiger partial charge is 0.167 e. The van der Waals surface area contributed by atoms with Gasteiger partial charge in [-0.25, -0.2) is 0 Å². The molecule has 1 aromatic rings. The van der Waals surface area contributed by atoms with Gasteiger partial charge < -0.3 is 19.9 Å². The molecule has 0 aromatic heterocycles. The lowest BCUT2D eigenvalue weighted by molar-refractivity contribution is 0.106. The van der Waals surface area contributed by atoms with Crippen LogP contribution >= 0.6 is 15.9 Å². The maximum absolute atomic E-state index is 10.2. The van der Waals surface area contributed by atoms with Crippen LogP contribution in [0.25, 0.3) is 0 Å². The zero-order valence-corrected chi connectivity index (χ0v) is 12.9. The molecule has 106 valence electrons. The zero-order chi connectivity index (χ0) is 13.8. The molecular formula is C14H20BrNO3. The maximum Gasteiger partial charge on any atom is 0.167 e. The van der Waals surface area contributed by atoms with E-state index in [1.807, 2.05) is 19.2 Å².